The average Bonchev–Trinajstić information content (AvgIpc) is 1.52. The van der Waals surface area contributed by atoms with Gasteiger partial charge in [-0.15, -0.1) is 0 Å². The van der Waals surface area contributed by atoms with Crippen molar-refractivity contribution < 1.29 is 0 Å². The zero-order chi connectivity index (χ0) is 91.2. The fraction of sp³-hybridized carbons (Fsp3) is 0. The topological polar surface area (TPSA) is 19.7 Å². The zero-order valence-corrected chi connectivity index (χ0v) is 76.3. The second kappa shape index (κ2) is 29.9. The molecule has 0 unspecified atom stereocenters. The van der Waals surface area contributed by atoms with Crippen LogP contribution in [0.5, 0.6) is 0 Å². The van der Waals surface area contributed by atoms with Crippen molar-refractivity contribution >= 4 is 158 Å². The molecular formula is C132H80B4N4. The Hall–Kier alpha value is -17.7. The molecule has 12 heterocycles. The van der Waals surface area contributed by atoms with E-state index in [2.05, 4.69) is 503 Å². The fourth-order valence-corrected chi connectivity index (χ4v) is 26.2. The fourth-order valence-electron chi connectivity index (χ4n) is 26.2. The number of aromatic nitrogens is 4. The van der Waals surface area contributed by atoms with Crippen LogP contribution in [0.25, 0.3) is 243 Å². The van der Waals surface area contributed by atoms with E-state index in [0.29, 0.717) is 0 Å². The van der Waals surface area contributed by atoms with Crippen LogP contribution in [0.3, 0.4) is 0 Å². The van der Waals surface area contributed by atoms with Crippen LogP contribution in [0.15, 0.2) is 485 Å². The third-order valence-corrected chi connectivity index (χ3v) is 31.9. The first-order valence-corrected chi connectivity index (χ1v) is 49.1. The minimum absolute atomic E-state index is 0.156. The van der Waals surface area contributed by atoms with Crippen LogP contribution in [-0.2, 0) is 0 Å². The highest BCUT2D eigenvalue weighted by Gasteiger charge is 2.45. The summed E-state index contributed by atoms with van der Waals surface area (Å²) in [6, 6.07) is 179. The first-order valence-electron chi connectivity index (χ1n) is 49.1. The third-order valence-electron chi connectivity index (χ3n) is 31.9. The lowest BCUT2D eigenvalue weighted by Crippen LogP contribution is -2.53. The number of hydrogen-bond acceptors (Lipinski definition) is 0. The first-order chi connectivity index (χ1) is 69.5. The van der Waals surface area contributed by atoms with E-state index in [9.17, 15) is 0 Å². The van der Waals surface area contributed by atoms with Crippen molar-refractivity contribution in [2.24, 2.45) is 0 Å². The Morgan fingerprint density at radius 2 is 0.286 bits per heavy atom. The molecule has 0 N–H and O–H groups in total. The highest BCUT2D eigenvalue weighted by Crippen LogP contribution is 2.52. The number of rotatable bonds is 6. The van der Waals surface area contributed by atoms with E-state index in [-0.39, 0.29) is 27.4 Å². The van der Waals surface area contributed by atoms with Gasteiger partial charge < -0.3 is 17.9 Å². The summed E-state index contributed by atoms with van der Waals surface area (Å²) in [7, 11) is 0. The van der Waals surface area contributed by atoms with E-state index < -0.39 is 0 Å². The van der Waals surface area contributed by atoms with Gasteiger partial charge in [-0.1, -0.05) is 455 Å². The van der Waals surface area contributed by atoms with E-state index in [1.165, 1.54) is 287 Å². The van der Waals surface area contributed by atoms with Gasteiger partial charge in [0.2, 0.25) is 0 Å². The number of para-hydroxylation sites is 6. The van der Waals surface area contributed by atoms with Crippen LogP contribution in [0, 0.1) is 0 Å². The first kappa shape index (κ1) is 77.6. The van der Waals surface area contributed by atoms with Crippen LogP contribution in [0.4, 0.5) is 0 Å². The minimum Gasteiger partial charge on any atom is -0.375 e. The number of nitrogens with zero attached hydrogens (tertiary/aromatic N) is 4. The molecule has 640 valence electrons. The van der Waals surface area contributed by atoms with Crippen molar-refractivity contribution in [2.45, 2.75) is 0 Å². The quantitative estimate of drug-likeness (QED) is 0.148. The van der Waals surface area contributed by atoms with Gasteiger partial charge in [-0.05, 0) is 185 Å². The van der Waals surface area contributed by atoms with Gasteiger partial charge in [0.1, 0.15) is 0 Å². The van der Waals surface area contributed by atoms with E-state index in [4.69, 9.17) is 0 Å². The second-order valence-electron chi connectivity index (χ2n) is 38.9. The van der Waals surface area contributed by atoms with Gasteiger partial charge in [-0.2, -0.15) is 0 Å². The highest BCUT2D eigenvalue weighted by molar-refractivity contribution is 6.91. The molecule has 0 saturated heterocycles. The summed E-state index contributed by atoms with van der Waals surface area (Å²) >= 11 is 0. The maximum absolute atomic E-state index is 2.64. The summed E-state index contributed by atoms with van der Waals surface area (Å²) in [4.78, 5) is 0. The Kier molecular flexibility index (Phi) is 16.6. The van der Waals surface area contributed by atoms with E-state index in [1.807, 2.05) is 0 Å². The molecule has 26 aromatic rings. The summed E-state index contributed by atoms with van der Waals surface area (Å²) in [6.07, 6.45) is 0. The summed E-state index contributed by atoms with van der Waals surface area (Å²) < 4.78 is 10.5. The molecule has 0 amide bonds. The van der Waals surface area contributed by atoms with Crippen LogP contribution >= 0.6 is 0 Å². The summed E-state index contributed by atoms with van der Waals surface area (Å²) in [5, 5.41) is 10.8. The second-order valence-corrected chi connectivity index (χ2v) is 38.9. The van der Waals surface area contributed by atoms with E-state index in [1.54, 1.807) is 0 Å². The molecule has 0 radical (unpaired) electrons. The molecule has 0 bridgehead atoms. The van der Waals surface area contributed by atoms with E-state index in [0.717, 1.165) is 0 Å². The molecule has 34 rings (SSSR count). The van der Waals surface area contributed by atoms with Crippen LogP contribution in [0.1, 0.15) is 0 Å². The molecular weight excluding hydrogens is 1680 g/mol. The van der Waals surface area contributed by atoms with Crippen LogP contribution in [0.2, 0.25) is 0 Å². The van der Waals surface area contributed by atoms with Crippen molar-refractivity contribution in [3.63, 3.8) is 0 Å². The monoisotopic (exact) mass is 1760 g/mol. The molecule has 22 aromatic carbocycles. The average molecular weight is 1770 g/mol. The van der Waals surface area contributed by atoms with Gasteiger partial charge in [0.25, 0.3) is 0 Å². The van der Waals surface area contributed by atoms with Gasteiger partial charge in [-0.25, -0.2) is 0 Å². The molecule has 8 aliphatic rings. The van der Waals surface area contributed by atoms with Crippen molar-refractivity contribution in [2.75, 3.05) is 0 Å². The maximum atomic E-state index is 2.64. The molecule has 140 heavy (non-hydrogen) atoms. The molecule has 4 aromatic heterocycles. The van der Waals surface area contributed by atoms with E-state index >= 15 is 0 Å². The van der Waals surface area contributed by atoms with Gasteiger partial charge in [0, 0.05) is 132 Å². The summed E-state index contributed by atoms with van der Waals surface area (Å²) in [6.45, 7) is 0.748. The predicted octanol–water partition coefficient (Wildman–Crippen LogP) is 27.6. The molecule has 0 atom stereocenters. The highest BCUT2D eigenvalue weighted by atomic mass is 15.0. The Morgan fingerprint density at radius 1 is 0.100 bits per heavy atom. The predicted molar refractivity (Wildman–Crippen MR) is 596 cm³/mol. The van der Waals surface area contributed by atoms with Crippen molar-refractivity contribution in [3.8, 4) is 156 Å². The lowest BCUT2D eigenvalue weighted by molar-refractivity contribution is 1.31. The Bertz CT molecular complexity index is 9600. The van der Waals surface area contributed by atoms with Crippen molar-refractivity contribution in [3.05, 3.63) is 485 Å². The third kappa shape index (κ3) is 11.0. The minimum atomic E-state index is 0.156. The lowest BCUT2D eigenvalue weighted by atomic mass is 9.45. The lowest BCUT2D eigenvalue weighted by Gasteiger charge is -2.32. The molecule has 8 aliphatic heterocycles. The molecule has 0 saturated carbocycles. The molecule has 8 heteroatoms. The Labute approximate surface area is 811 Å². The SMILES string of the molecule is c1ccc(-c2cc3c4c(c2)c2cc(-c5ccccc5)cc5c2n4B(c2ccccc2-3)c2ccccc2-5)cc1.c1ccc(-c2ccc(-c3ccc4c(c3)B3c5ccccc5-c5cccc6c7cccc-4c7n3c56)cc2)cc1.c1ccc(-c2cccc(-c3ccc4c(c3)B3c5ccccc5-c5cccc6c7cccc-4c7n3c56)c2)cc1.c1ccc2c(c1)B1c3ccccc3-c3cccc4c5cccc-2c5n1c34. The Balaban J connectivity index is 0.0000000868. The maximum Gasteiger partial charge on any atom is 0.329 e. The normalized spacial score (nSPS) is 12.8. The number of fused-ring (bicyclic) bond motifs is 28. The molecule has 0 fully saturated rings. The van der Waals surface area contributed by atoms with Crippen molar-refractivity contribution in [1.29, 1.82) is 0 Å². The molecule has 0 aliphatic carbocycles. The van der Waals surface area contributed by atoms with Gasteiger partial charge in [-0.3, -0.25) is 0 Å². The summed E-state index contributed by atoms with van der Waals surface area (Å²) in [5.41, 5.74) is 58.6. The smallest absolute Gasteiger partial charge is 0.329 e. The zero-order valence-electron chi connectivity index (χ0n) is 76.3. The van der Waals surface area contributed by atoms with Gasteiger partial charge in [0.15, 0.2) is 0 Å². The number of hydrogen-bond donors (Lipinski definition) is 0. The summed E-state index contributed by atoms with van der Waals surface area (Å²) in [5.74, 6) is 0. The molecule has 4 nitrogen and oxygen atoms in total. The molecule has 0 spiro atoms. The van der Waals surface area contributed by atoms with Crippen LogP contribution < -0.4 is 43.7 Å². The van der Waals surface area contributed by atoms with Gasteiger partial charge in [0.05, 0.1) is 0 Å². The standard InChI is InChI=1S/3C36H22BN.C24H14BN/c1-3-11-23(12-4-1)25-19-29-27-15-7-9-17-33(27)37-34-18-10-8-16-28(34)30-20-26(24-13-5-2-6-14-24)22-32-31(21-25)35(29)38(37)36(30)32;1-2-9-23(10-3-1)24-11-6-12-25(21-24)26-19-20-28-30-15-8-17-32-31-16-7-14-29-27-13-4-5-18-33(27)37(34(28)22-26)38(35(29)31)36(30)32;1-2-8-23(9-3-1)24-16-18-25(19-17-24)26-20-21-28-30-12-7-14-32-31-13-6-11-29-27-10-4-5-15-33(27)37(34(28)22-26)38(35(29)31)36(30)32;1-3-13-21-15(7-1)17-9-5-11-19-20-12-6-10-18-16-8-2-4-14-22(16)25(21)26(23(17)19)24(18)20/h3*1-22H;1-14H. The number of benzene rings is 22. The van der Waals surface area contributed by atoms with Crippen LogP contribution in [-0.4, -0.2) is 45.3 Å². The Morgan fingerprint density at radius 3 is 0.593 bits per heavy atom. The largest absolute Gasteiger partial charge is 0.375 e. The van der Waals surface area contributed by atoms with Crippen molar-refractivity contribution in [1.82, 2.24) is 17.9 Å². The van der Waals surface area contributed by atoms with Gasteiger partial charge >= 0.3 is 27.4 Å².